The van der Waals surface area contributed by atoms with E-state index in [1.54, 1.807) is 10.6 Å². The first-order valence-electron chi connectivity index (χ1n) is 13.1. The van der Waals surface area contributed by atoms with Gasteiger partial charge in [0.2, 0.25) is 0 Å². The molecule has 6 rings (SSSR count). The Balaban J connectivity index is 1.45. The lowest BCUT2D eigenvalue weighted by Crippen LogP contribution is -2.40. The van der Waals surface area contributed by atoms with Crippen LogP contribution in [0.15, 0.2) is 110 Å². The number of benzene rings is 3. The molecule has 0 aliphatic carbocycles. The maximum absolute atomic E-state index is 13.9. The van der Waals surface area contributed by atoms with Gasteiger partial charge in [-0.25, -0.2) is 4.99 Å². The number of allylic oxidation sites excluding steroid dienone is 1. The van der Waals surface area contributed by atoms with E-state index in [4.69, 9.17) is 21.0 Å². The van der Waals surface area contributed by atoms with Crippen molar-refractivity contribution < 1.29 is 9.21 Å². The highest BCUT2D eigenvalue weighted by molar-refractivity contribution is 7.07. The van der Waals surface area contributed by atoms with Crippen LogP contribution in [0, 0.1) is 13.8 Å². The summed E-state index contributed by atoms with van der Waals surface area (Å²) in [7, 11) is 0. The molecule has 0 fully saturated rings. The van der Waals surface area contributed by atoms with Crippen molar-refractivity contribution in [3.8, 4) is 11.3 Å². The number of carbonyl (C=O) groups is 1. The van der Waals surface area contributed by atoms with Crippen molar-refractivity contribution in [1.82, 2.24) is 4.57 Å². The predicted molar refractivity (Wildman–Crippen MR) is 164 cm³/mol. The van der Waals surface area contributed by atoms with E-state index >= 15 is 0 Å². The first kappa shape index (κ1) is 26.7. The molecule has 1 atom stereocenters. The number of nitrogens with one attached hydrogen (secondary N) is 1. The van der Waals surface area contributed by atoms with Gasteiger partial charge < -0.3 is 9.73 Å². The molecule has 1 N–H and O–H groups in total. The van der Waals surface area contributed by atoms with Gasteiger partial charge in [0.1, 0.15) is 11.5 Å². The Morgan fingerprint density at radius 3 is 2.51 bits per heavy atom. The van der Waals surface area contributed by atoms with E-state index in [9.17, 15) is 9.59 Å². The first-order valence-corrected chi connectivity index (χ1v) is 14.3. The molecule has 1 amide bonds. The standard InChI is InChI=1S/C33H26ClN3O3S/c1-19-9-12-22(13-10-19)30-29(31(38)36-24-7-5-4-6-8-24)21(3)35-33-37(30)32(39)28(41-33)18-25-15-16-27(40-25)26-17-23(34)14-11-20(26)2/h4-18,30H,1-3H3,(H,36,38)/b28-18-. The van der Waals surface area contributed by atoms with E-state index in [-0.39, 0.29) is 11.5 Å². The molecule has 0 saturated carbocycles. The summed E-state index contributed by atoms with van der Waals surface area (Å²) in [6, 6.07) is 25.8. The molecule has 0 spiro atoms. The summed E-state index contributed by atoms with van der Waals surface area (Å²) in [4.78, 5) is 32.9. The highest BCUT2D eigenvalue weighted by Crippen LogP contribution is 2.31. The molecule has 0 radical (unpaired) electrons. The quantitative estimate of drug-likeness (QED) is 0.262. The normalized spacial score (nSPS) is 15.0. The summed E-state index contributed by atoms with van der Waals surface area (Å²) in [5.74, 6) is 0.899. The third-order valence-corrected chi connectivity index (χ3v) is 8.27. The number of amides is 1. The lowest BCUT2D eigenvalue weighted by molar-refractivity contribution is -0.113. The topological polar surface area (TPSA) is 76.6 Å². The molecular weight excluding hydrogens is 554 g/mol. The number of thiazole rings is 1. The molecule has 6 nitrogen and oxygen atoms in total. The zero-order chi connectivity index (χ0) is 28.7. The molecule has 5 aromatic rings. The fraction of sp³-hybridized carbons (Fsp3) is 0.121. The number of anilines is 1. The zero-order valence-electron chi connectivity index (χ0n) is 22.6. The van der Waals surface area contributed by atoms with Crippen LogP contribution in [0.5, 0.6) is 0 Å². The Bertz CT molecular complexity index is 2000. The second-order valence-electron chi connectivity index (χ2n) is 9.97. The molecule has 0 bridgehead atoms. The van der Waals surface area contributed by atoms with Gasteiger partial charge in [-0.1, -0.05) is 77.0 Å². The largest absolute Gasteiger partial charge is 0.457 e. The lowest BCUT2D eigenvalue weighted by Gasteiger charge is -2.25. The van der Waals surface area contributed by atoms with Gasteiger partial charge >= 0.3 is 0 Å². The molecular formula is C33H26ClN3O3S. The van der Waals surface area contributed by atoms with Crippen molar-refractivity contribution >= 4 is 40.6 Å². The maximum Gasteiger partial charge on any atom is 0.271 e. The number of fused-ring (bicyclic) bond motifs is 1. The van der Waals surface area contributed by atoms with E-state index in [0.717, 1.165) is 22.3 Å². The van der Waals surface area contributed by atoms with Crippen LogP contribution in [-0.4, -0.2) is 10.5 Å². The molecule has 1 aliphatic heterocycles. The second kappa shape index (κ2) is 10.8. The van der Waals surface area contributed by atoms with Crippen LogP contribution in [0.3, 0.4) is 0 Å². The molecule has 1 aliphatic rings. The molecule has 3 heterocycles. The Labute approximate surface area is 245 Å². The Hall–Kier alpha value is -4.46. The van der Waals surface area contributed by atoms with Gasteiger partial charge in [0.15, 0.2) is 4.80 Å². The van der Waals surface area contributed by atoms with Crippen LogP contribution in [0.2, 0.25) is 5.02 Å². The summed E-state index contributed by atoms with van der Waals surface area (Å²) in [5, 5.41) is 3.60. The summed E-state index contributed by atoms with van der Waals surface area (Å²) in [5.41, 5.74) is 5.25. The van der Waals surface area contributed by atoms with E-state index < -0.39 is 6.04 Å². The number of aromatic nitrogens is 1. The molecule has 8 heteroatoms. The number of nitrogens with zero attached hydrogens (tertiary/aromatic N) is 2. The highest BCUT2D eigenvalue weighted by Gasteiger charge is 2.32. The number of aryl methyl sites for hydroxylation is 2. The smallest absolute Gasteiger partial charge is 0.271 e. The third kappa shape index (κ3) is 5.22. The van der Waals surface area contributed by atoms with Crippen LogP contribution < -0.4 is 20.2 Å². The van der Waals surface area contributed by atoms with Gasteiger partial charge in [0, 0.05) is 22.3 Å². The van der Waals surface area contributed by atoms with Gasteiger partial charge in [-0.15, -0.1) is 0 Å². The van der Waals surface area contributed by atoms with Crippen LogP contribution in [0.25, 0.3) is 17.4 Å². The van der Waals surface area contributed by atoms with Gasteiger partial charge in [-0.3, -0.25) is 14.2 Å². The molecule has 0 saturated heterocycles. The monoisotopic (exact) mass is 579 g/mol. The van der Waals surface area contributed by atoms with E-state index in [1.807, 2.05) is 106 Å². The summed E-state index contributed by atoms with van der Waals surface area (Å²) in [6.45, 7) is 5.80. The van der Waals surface area contributed by atoms with Crippen LogP contribution in [0.1, 0.15) is 35.4 Å². The summed E-state index contributed by atoms with van der Waals surface area (Å²) < 4.78 is 8.18. The van der Waals surface area contributed by atoms with E-state index in [1.165, 1.54) is 11.3 Å². The number of rotatable bonds is 5. The second-order valence-corrected chi connectivity index (χ2v) is 11.4. The van der Waals surface area contributed by atoms with Gasteiger partial charge in [0.25, 0.3) is 11.5 Å². The third-order valence-electron chi connectivity index (χ3n) is 7.06. The van der Waals surface area contributed by atoms with Crippen molar-refractivity contribution in [3.63, 3.8) is 0 Å². The average molecular weight is 580 g/mol. The van der Waals surface area contributed by atoms with Crippen LogP contribution in [0.4, 0.5) is 5.69 Å². The maximum atomic E-state index is 13.9. The fourth-order valence-electron chi connectivity index (χ4n) is 4.96. The predicted octanol–water partition coefficient (Wildman–Crippen LogP) is 6.40. The Morgan fingerprint density at radius 1 is 1.00 bits per heavy atom. The highest BCUT2D eigenvalue weighted by atomic mass is 35.5. The van der Waals surface area contributed by atoms with Crippen molar-refractivity contribution in [2.45, 2.75) is 26.8 Å². The molecule has 41 heavy (non-hydrogen) atoms. The van der Waals surface area contributed by atoms with Crippen LogP contribution in [-0.2, 0) is 4.79 Å². The van der Waals surface area contributed by atoms with Gasteiger partial charge in [0.05, 0.1) is 21.8 Å². The summed E-state index contributed by atoms with van der Waals surface area (Å²) in [6.07, 6.45) is 1.72. The number of furan rings is 1. The number of hydrogen-bond acceptors (Lipinski definition) is 5. The Morgan fingerprint density at radius 2 is 1.76 bits per heavy atom. The molecule has 3 aromatic carbocycles. The van der Waals surface area contributed by atoms with E-state index in [2.05, 4.69) is 5.32 Å². The molecule has 204 valence electrons. The van der Waals surface area contributed by atoms with Crippen molar-refractivity contribution in [2.24, 2.45) is 4.99 Å². The molecule has 2 aromatic heterocycles. The average Bonchev–Trinajstić information content (AvgIpc) is 3.54. The van der Waals surface area contributed by atoms with Crippen molar-refractivity contribution in [3.05, 3.63) is 143 Å². The van der Waals surface area contributed by atoms with Crippen molar-refractivity contribution in [2.75, 3.05) is 5.32 Å². The lowest BCUT2D eigenvalue weighted by atomic mass is 9.94. The van der Waals surface area contributed by atoms with Gasteiger partial charge in [-0.05, 0) is 68.3 Å². The molecule has 1 unspecified atom stereocenters. The SMILES string of the molecule is CC1=C(C(=O)Nc2ccccc2)C(c2ccc(C)cc2)n2c(s/c(=C\c3ccc(-c4cc(Cl)ccc4C)o3)c2=O)=N1. The Kier molecular flexibility index (Phi) is 7.07. The minimum Gasteiger partial charge on any atom is -0.457 e. The fourth-order valence-corrected chi connectivity index (χ4v) is 6.16. The zero-order valence-corrected chi connectivity index (χ0v) is 24.2. The van der Waals surface area contributed by atoms with E-state index in [0.29, 0.717) is 42.8 Å². The number of para-hydroxylation sites is 1. The van der Waals surface area contributed by atoms with Crippen LogP contribution >= 0.6 is 22.9 Å². The number of hydrogen-bond donors (Lipinski definition) is 1. The first-order chi connectivity index (χ1) is 19.8. The van der Waals surface area contributed by atoms with Gasteiger partial charge in [-0.2, -0.15) is 0 Å². The van der Waals surface area contributed by atoms with Crippen molar-refractivity contribution in [1.29, 1.82) is 0 Å². The minimum atomic E-state index is -0.640. The number of carbonyl (C=O) groups excluding carboxylic acids is 1. The summed E-state index contributed by atoms with van der Waals surface area (Å²) >= 11 is 7.48. The number of halogens is 1. The minimum absolute atomic E-state index is 0.242.